The van der Waals surface area contributed by atoms with Crippen LogP contribution in [0, 0.1) is 10.1 Å². The Kier molecular flexibility index (Phi) is 5.57. The lowest BCUT2D eigenvalue weighted by Gasteiger charge is -2.30. The topological polar surface area (TPSA) is 110 Å². The summed E-state index contributed by atoms with van der Waals surface area (Å²) in [5, 5.41) is 13.4. The summed E-state index contributed by atoms with van der Waals surface area (Å²) in [6, 6.07) is 8.70. The number of nitrogens with one attached hydrogen (secondary N) is 1. The molecule has 0 atom stereocenters. The summed E-state index contributed by atoms with van der Waals surface area (Å²) >= 11 is 6.00. The predicted molar refractivity (Wildman–Crippen MR) is 108 cm³/mol. The molecular formula is C18H18ClN3O5S. The van der Waals surface area contributed by atoms with E-state index >= 15 is 0 Å². The molecule has 1 aliphatic heterocycles. The van der Waals surface area contributed by atoms with Crippen molar-refractivity contribution in [3.8, 4) is 0 Å². The number of fused-ring (bicyclic) bond motifs is 1. The summed E-state index contributed by atoms with van der Waals surface area (Å²) < 4.78 is 26.1. The Hall–Kier alpha value is -2.65. The molecule has 10 heteroatoms. The number of nitro benzene ring substituents is 1. The molecule has 0 bridgehead atoms. The number of nitrogens with zero attached hydrogens (tertiary/aromatic N) is 2. The van der Waals surface area contributed by atoms with Crippen molar-refractivity contribution in [2.45, 2.75) is 19.8 Å². The second-order valence-corrected chi connectivity index (χ2v) is 8.88. The smallest absolute Gasteiger partial charge is 0.270 e. The minimum Gasteiger partial charge on any atom is -0.322 e. The number of rotatable bonds is 5. The fourth-order valence-corrected chi connectivity index (χ4v) is 4.51. The number of aryl methyl sites for hydroxylation is 1. The number of hydrogen-bond acceptors (Lipinski definition) is 5. The van der Waals surface area contributed by atoms with Gasteiger partial charge < -0.3 is 5.32 Å². The van der Waals surface area contributed by atoms with Crippen LogP contribution in [0.1, 0.15) is 29.3 Å². The van der Waals surface area contributed by atoms with Gasteiger partial charge in [-0.25, -0.2) is 8.42 Å². The summed E-state index contributed by atoms with van der Waals surface area (Å²) in [5.74, 6) is -0.554. The number of halogens is 1. The molecule has 2 aromatic rings. The molecule has 8 nitrogen and oxygen atoms in total. The molecule has 1 amide bonds. The van der Waals surface area contributed by atoms with Crippen LogP contribution in [0.4, 0.5) is 17.1 Å². The van der Waals surface area contributed by atoms with Crippen molar-refractivity contribution in [2.24, 2.45) is 0 Å². The van der Waals surface area contributed by atoms with Crippen molar-refractivity contribution in [3.63, 3.8) is 0 Å². The number of sulfonamides is 1. The average Bonchev–Trinajstić information content (AvgIpc) is 2.67. The fraction of sp³-hybridized carbons (Fsp3) is 0.278. The van der Waals surface area contributed by atoms with Crippen LogP contribution in [0.2, 0.25) is 5.02 Å². The summed E-state index contributed by atoms with van der Waals surface area (Å²) in [6.45, 7) is 1.99. The zero-order valence-electron chi connectivity index (χ0n) is 15.0. The van der Waals surface area contributed by atoms with E-state index in [4.69, 9.17) is 11.6 Å². The number of non-ortho nitro benzene ring substituents is 1. The van der Waals surface area contributed by atoms with Crippen molar-refractivity contribution >= 4 is 44.6 Å². The lowest BCUT2D eigenvalue weighted by molar-refractivity contribution is -0.384. The van der Waals surface area contributed by atoms with Gasteiger partial charge in [-0.1, -0.05) is 17.7 Å². The van der Waals surface area contributed by atoms with E-state index in [0.29, 0.717) is 17.9 Å². The van der Waals surface area contributed by atoms with Crippen molar-refractivity contribution in [3.05, 3.63) is 62.7 Å². The lowest BCUT2D eigenvalue weighted by atomic mass is 10.0. The first-order valence-corrected chi connectivity index (χ1v) is 10.6. The van der Waals surface area contributed by atoms with Gasteiger partial charge in [0.25, 0.3) is 11.6 Å². The molecule has 0 radical (unpaired) electrons. The Balaban J connectivity index is 1.89. The molecule has 3 rings (SSSR count). The quantitative estimate of drug-likeness (QED) is 0.583. The number of benzene rings is 2. The highest BCUT2D eigenvalue weighted by atomic mass is 35.5. The second kappa shape index (κ2) is 7.76. The van der Waals surface area contributed by atoms with E-state index in [-0.39, 0.29) is 22.0 Å². The van der Waals surface area contributed by atoms with Crippen molar-refractivity contribution < 1.29 is 18.1 Å². The van der Waals surface area contributed by atoms with E-state index < -0.39 is 20.9 Å². The van der Waals surface area contributed by atoms with E-state index in [0.717, 1.165) is 24.5 Å². The molecule has 0 unspecified atom stereocenters. The number of carbonyl (C=O) groups excluding carboxylic acids is 1. The minimum atomic E-state index is -3.42. The monoisotopic (exact) mass is 423 g/mol. The van der Waals surface area contributed by atoms with Crippen LogP contribution >= 0.6 is 11.6 Å². The van der Waals surface area contributed by atoms with Crippen LogP contribution < -0.4 is 9.62 Å². The molecular weight excluding hydrogens is 406 g/mol. The molecule has 1 heterocycles. The van der Waals surface area contributed by atoms with Crippen molar-refractivity contribution in [1.29, 1.82) is 0 Å². The molecule has 148 valence electrons. The number of amides is 1. The first kappa shape index (κ1) is 20.1. The van der Waals surface area contributed by atoms with Gasteiger partial charge in [0.2, 0.25) is 10.0 Å². The Morgan fingerprint density at radius 2 is 2.04 bits per heavy atom. The molecule has 2 aromatic carbocycles. The minimum absolute atomic E-state index is 0.0125. The van der Waals surface area contributed by atoms with Crippen LogP contribution in [0.25, 0.3) is 0 Å². The maximum Gasteiger partial charge on any atom is 0.270 e. The number of nitro groups is 1. The first-order chi connectivity index (χ1) is 13.2. The third-order valence-electron chi connectivity index (χ3n) is 4.53. The van der Waals surface area contributed by atoms with Gasteiger partial charge in [0.15, 0.2) is 0 Å². The average molecular weight is 424 g/mol. The highest BCUT2D eigenvalue weighted by Crippen LogP contribution is 2.32. The summed E-state index contributed by atoms with van der Waals surface area (Å²) in [5.41, 5.74) is 1.74. The normalized spacial score (nSPS) is 13.7. The lowest BCUT2D eigenvalue weighted by Crippen LogP contribution is -2.36. The van der Waals surface area contributed by atoms with Gasteiger partial charge in [-0.05, 0) is 43.5 Å². The molecule has 0 saturated heterocycles. The van der Waals surface area contributed by atoms with Gasteiger partial charge in [0.05, 0.1) is 26.9 Å². The maximum absolute atomic E-state index is 12.5. The molecule has 1 aliphatic rings. The van der Waals surface area contributed by atoms with E-state index in [9.17, 15) is 23.3 Å². The third kappa shape index (κ3) is 3.95. The highest BCUT2D eigenvalue weighted by Gasteiger charge is 2.26. The molecule has 0 aliphatic carbocycles. The van der Waals surface area contributed by atoms with Gasteiger partial charge in [-0.3, -0.25) is 19.2 Å². The Morgan fingerprint density at radius 1 is 1.29 bits per heavy atom. The maximum atomic E-state index is 12.5. The van der Waals surface area contributed by atoms with E-state index in [2.05, 4.69) is 5.32 Å². The molecule has 28 heavy (non-hydrogen) atoms. The van der Waals surface area contributed by atoms with Gasteiger partial charge >= 0.3 is 0 Å². The van der Waals surface area contributed by atoms with Crippen molar-refractivity contribution in [2.75, 3.05) is 21.9 Å². The number of anilines is 2. The standard InChI is InChI=1S/C18H18ClN3O5S/c1-2-28(26,27)21-9-3-4-12-5-6-13(10-17(12)21)20-18(23)15-8-7-14(22(24)25)11-16(15)19/h5-8,10-11H,2-4,9H2,1H3,(H,20,23). The van der Waals surface area contributed by atoms with Crippen LogP contribution in [0.3, 0.4) is 0 Å². The molecule has 1 N–H and O–H groups in total. The van der Waals surface area contributed by atoms with Crippen LogP contribution in [0.15, 0.2) is 36.4 Å². The van der Waals surface area contributed by atoms with Gasteiger partial charge in [-0.2, -0.15) is 0 Å². The Morgan fingerprint density at radius 3 is 2.68 bits per heavy atom. The van der Waals surface area contributed by atoms with E-state index in [1.807, 2.05) is 0 Å². The van der Waals surface area contributed by atoms with E-state index in [1.54, 1.807) is 25.1 Å². The molecule has 0 saturated carbocycles. The zero-order valence-corrected chi connectivity index (χ0v) is 16.6. The number of carbonyl (C=O) groups is 1. The number of hydrogen-bond donors (Lipinski definition) is 1. The Bertz CT molecular complexity index is 1060. The van der Waals surface area contributed by atoms with Gasteiger partial charge in [0.1, 0.15) is 0 Å². The largest absolute Gasteiger partial charge is 0.322 e. The highest BCUT2D eigenvalue weighted by molar-refractivity contribution is 7.92. The van der Waals surface area contributed by atoms with Gasteiger partial charge in [0, 0.05) is 24.4 Å². The zero-order chi connectivity index (χ0) is 20.5. The molecule has 0 spiro atoms. The first-order valence-electron chi connectivity index (χ1n) is 8.61. The van der Waals surface area contributed by atoms with E-state index in [1.165, 1.54) is 16.4 Å². The van der Waals surface area contributed by atoms with Crippen LogP contribution in [-0.2, 0) is 16.4 Å². The van der Waals surface area contributed by atoms with Gasteiger partial charge in [-0.15, -0.1) is 0 Å². The fourth-order valence-electron chi connectivity index (χ4n) is 3.06. The summed E-state index contributed by atoms with van der Waals surface area (Å²) in [4.78, 5) is 22.7. The third-order valence-corrected chi connectivity index (χ3v) is 6.62. The predicted octanol–water partition coefficient (Wildman–Crippen LogP) is 3.60. The SMILES string of the molecule is CCS(=O)(=O)N1CCCc2ccc(NC(=O)c3ccc([N+](=O)[O-])cc3Cl)cc21. The van der Waals surface area contributed by atoms with Crippen molar-refractivity contribution in [1.82, 2.24) is 0 Å². The summed E-state index contributed by atoms with van der Waals surface area (Å²) in [7, 11) is -3.42. The second-order valence-electron chi connectivity index (χ2n) is 6.30. The Labute approximate surface area is 167 Å². The van der Waals surface area contributed by atoms with Crippen LogP contribution in [-0.4, -0.2) is 31.5 Å². The molecule has 0 fully saturated rings. The summed E-state index contributed by atoms with van der Waals surface area (Å²) in [6.07, 6.45) is 1.49. The molecule has 0 aromatic heterocycles. The van der Waals surface area contributed by atoms with Crippen LogP contribution in [0.5, 0.6) is 0 Å².